The fourth-order valence-electron chi connectivity index (χ4n) is 3.86. The molecule has 2 aromatic heterocycles. The lowest BCUT2D eigenvalue weighted by Crippen LogP contribution is -2.44. The highest BCUT2D eigenvalue weighted by molar-refractivity contribution is 6.07. The topological polar surface area (TPSA) is 91.0 Å². The molecule has 2 aromatic rings. The summed E-state index contributed by atoms with van der Waals surface area (Å²) in [5.74, 6) is -0.912. The molecule has 0 aliphatic carbocycles. The fourth-order valence-corrected chi connectivity index (χ4v) is 3.86. The maximum atomic E-state index is 13.6. The van der Waals surface area contributed by atoms with E-state index in [4.69, 9.17) is 13.9 Å². The zero-order valence-electron chi connectivity index (χ0n) is 19.2. The first-order valence-electron chi connectivity index (χ1n) is 10.5. The summed E-state index contributed by atoms with van der Waals surface area (Å²) in [5, 5.41) is 0. The van der Waals surface area contributed by atoms with Crippen molar-refractivity contribution in [3.63, 3.8) is 0 Å². The van der Waals surface area contributed by atoms with Crippen LogP contribution < -0.4 is 0 Å². The van der Waals surface area contributed by atoms with Crippen molar-refractivity contribution < 1.29 is 28.3 Å². The van der Waals surface area contributed by atoms with E-state index in [2.05, 4.69) is 0 Å². The summed E-state index contributed by atoms with van der Waals surface area (Å²) < 4.78 is 17.4. The first-order valence-corrected chi connectivity index (χ1v) is 10.5. The van der Waals surface area contributed by atoms with Crippen LogP contribution in [0.4, 0.5) is 0 Å². The number of aromatic nitrogens is 1. The molecule has 0 aromatic carbocycles. The number of nitrogens with zero attached hydrogens (tertiary/aromatic N) is 2. The summed E-state index contributed by atoms with van der Waals surface area (Å²) in [5.41, 5.74) is 2.04. The summed E-state index contributed by atoms with van der Waals surface area (Å²) >= 11 is 0. The Morgan fingerprint density at radius 2 is 1.94 bits per heavy atom. The Morgan fingerprint density at radius 1 is 1.23 bits per heavy atom. The molecule has 0 bridgehead atoms. The number of ether oxygens (including phenoxy) is 2. The van der Waals surface area contributed by atoms with Gasteiger partial charge in [0.1, 0.15) is 5.69 Å². The van der Waals surface area contributed by atoms with E-state index in [0.717, 1.165) is 0 Å². The minimum Gasteiger partial charge on any atom is -0.464 e. The molecule has 0 aliphatic heterocycles. The maximum absolute atomic E-state index is 13.6. The second kappa shape index (κ2) is 10.9. The van der Waals surface area contributed by atoms with Gasteiger partial charge in [0, 0.05) is 37.6 Å². The molecular formula is C23H32N2O6. The van der Waals surface area contributed by atoms with Gasteiger partial charge in [-0.2, -0.15) is 0 Å². The van der Waals surface area contributed by atoms with E-state index < -0.39 is 12.0 Å². The molecule has 1 unspecified atom stereocenters. The Morgan fingerprint density at radius 3 is 2.48 bits per heavy atom. The van der Waals surface area contributed by atoms with Gasteiger partial charge in [0.05, 0.1) is 19.4 Å². The molecule has 0 N–H and O–H groups in total. The quantitative estimate of drug-likeness (QED) is 0.306. The van der Waals surface area contributed by atoms with E-state index in [9.17, 15) is 14.4 Å². The number of carbonyl (C=O) groups excluding carboxylic acids is 3. The minimum atomic E-state index is -0.755. The smallest absolute Gasteiger partial charge is 0.354 e. The predicted octanol–water partition coefficient (Wildman–Crippen LogP) is 3.64. The van der Waals surface area contributed by atoms with Crippen LogP contribution in [-0.2, 0) is 16.0 Å². The van der Waals surface area contributed by atoms with Crippen LogP contribution in [0.3, 0.4) is 0 Å². The van der Waals surface area contributed by atoms with Gasteiger partial charge in [0.25, 0.3) is 5.91 Å². The normalized spacial score (nSPS) is 11.9. The Hall–Kier alpha value is -2.87. The average molecular weight is 433 g/mol. The Balaban J connectivity index is 2.41. The molecule has 2 rings (SSSR count). The highest BCUT2D eigenvalue weighted by Gasteiger charge is 2.33. The molecule has 0 radical (unpaired) electrons. The maximum Gasteiger partial charge on any atom is 0.354 e. The van der Waals surface area contributed by atoms with Gasteiger partial charge in [0.2, 0.25) is 0 Å². The van der Waals surface area contributed by atoms with Crippen LogP contribution in [0.1, 0.15) is 69.9 Å². The lowest BCUT2D eigenvalue weighted by atomic mass is 9.99. The third-order valence-corrected chi connectivity index (χ3v) is 5.44. The number of esters is 1. The van der Waals surface area contributed by atoms with Crippen LogP contribution in [-0.4, -0.2) is 60.0 Å². The van der Waals surface area contributed by atoms with Gasteiger partial charge in [-0.15, -0.1) is 0 Å². The van der Waals surface area contributed by atoms with E-state index in [1.165, 1.54) is 18.3 Å². The van der Waals surface area contributed by atoms with E-state index in [-0.39, 0.29) is 17.5 Å². The lowest BCUT2D eigenvalue weighted by molar-refractivity contribution is 0.0570. The second-order valence-electron chi connectivity index (χ2n) is 7.24. The van der Waals surface area contributed by atoms with Crippen LogP contribution in [0, 0.1) is 13.8 Å². The molecule has 0 saturated carbocycles. The second-order valence-corrected chi connectivity index (χ2v) is 7.24. The zero-order valence-corrected chi connectivity index (χ0v) is 19.2. The van der Waals surface area contributed by atoms with Gasteiger partial charge in [-0.25, -0.2) is 4.79 Å². The van der Waals surface area contributed by atoms with Crippen molar-refractivity contribution in [1.82, 2.24) is 9.47 Å². The summed E-state index contributed by atoms with van der Waals surface area (Å²) in [6, 6.07) is 2.46. The number of carbonyl (C=O) groups is 3. The summed E-state index contributed by atoms with van der Waals surface area (Å²) in [4.78, 5) is 40.4. The lowest BCUT2D eigenvalue weighted by Gasteiger charge is -2.28. The Kier molecular flexibility index (Phi) is 8.62. The number of hydrogen-bond acceptors (Lipinski definition) is 6. The average Bonchev–Trinajstić information content (AvgIpc) is 3.38. The van der Waals surface area contributed by atoms with Crippen molar-refractivity contribution in [3.8, 4) is 0 Å². The number of methoxy groups -OCH3 is 1. The number of Topliss-reactive ketones (excluding diaryl/α,β-unsaturated/α-hetero) is 1. The van der Waals surface area contributed by atoms with Crippen molar-refractivity contribution in [2.75, 3.05) is 26.9 Å². The zero-order chi connectivity index (χ0) is 23.1. The van der Waals surface area contributed by atoms with E-state index in [1.807, 2.05) is 13.8 Å². The highest BCUT2D eigenvalue weighted by atomic mass is 16.5. The molecule has 1 amide bonds. The van der Waals surface area contributed by atoms with Gasteiger partial charge in [0.15, 0.2) is 11.5 Å². The minimum absolute atomic E-state index is 0.172. The van der Waals surface area contributed by atoms with E-state index >= 15 is 0 Å². The number of ketones is 1. The summed E-state index contributed by atoms with van der Waals surface area (Å²) in [7, 11) is 1.32. The van der Waals surface area contributed by atoms with Gasteiger partial charge in [-0.05, 0) is 58.7 Å². The van der Waals surface area contributed by atoms with Crippen molar-refractivity contribution in [1.29, 1.82) is 0 Å². The van der Waals surface area contributed by atoms with E-state index in [1.54, 1.807) is 37.5 Å². The number of hydrogen-bond donors (Lipinski definition) is 0. The van der Waals surface area contributed by atoms with Crippen molar-refractivity contribution in [3.05, 3.63) is 46.7 Å². The van der Waals surface area contributed by atoms with Crippen LogP contribution in [0.25, 0.3) is 0 Å². The monoisotopic (exact) mass is 432 g/mol. The number of amides is 1. The summed E-state index contributed by atoms with van der Waals surface area (Å²) in [6.45, 7) is 11.0. The molecule has 31 heavy (non-hydrogen) atoms. The summed E-state index contributed by atoms with van der Waals surface area (Å²) in [6.07, 6.45) is 2.01. The molecule has 0 saturated heterocycles. The molecule has 1 atom stereocenters. The Bertz CT molecular complexity index is 913. The molecule has 8 heteroatoms. The predicted molar refractivity (Wildman–Crippen MR) is 116 cm³/mol. The fraction of sp³-hybridized carbons (Fsp3) is 0.522. The van der Waals surface area contributed by atoms with Gasteiger partial charge < -0.3 is 23.4 Å². The standard InChI is InChI=1S/C23H32N2O6/c1-7-24-16(4)19(15(3)20(24)23(28)29-6)21(26)17(5)25(12-10-13-30-8-2)22(27)18-11-9-14-31-18/h9,11,14,17H,7-8,10,12-13H2,1-6H3. The third kappa shape index (κ3) is 5.07. The van der Waals surface area contributed by atoms with Crippen LogP contribution in [0.2, 0.25) is 0 Å². The SMILES string of the molecule is CCOCCCN(C(=O)c1ccco1)C(C)C(=O)c1c(C)c(C(=O)OC)n(CC)c1C. The third-order valence-electron chi connectivity index (χ3n) is 5.44. The van der Waals surface area contributed by atoms with Crippen LogP contribution in [0.15, 0.2) is 22.8 Å². The Labute approximate surface area is 183 Å². The molecule has 8 nitrogen and oxygen atoms in total. The van der Waals surface area contributed by atoms with Gasteiger partial charge in [-0.3, -0.25) is 9.59 Å². The van der Waals surface area contributed by atoms with Gasteiger partial charge >= 0.3 is 5.97 Å². The van der Waals surface area contributed by atoms with E-state index in [0.29, 0.717) is 55.2 Å². The molecule has 2 heterocycles. The first kappa shape index (κ1) is 24.4. The highest BCUT2D eigenvalue weighted by Crippen LogP contribution is 2.26. The molecule has 0 spiro atoms. The number of rotatable bonds is 11. The van der Waals surface area contributed by atoms with Crippen molar-refractivity contribution >= 4 is 17.7 Å². The van der Waals surface area contributed by atoms with Crippen LogP contribution >= 0.6 is 0 Å². The molecule has 0 fully saturated rings. The van der Waals surface area contributed by atoms with Crippen molar-refractivity contribution in [2.24, 2.45) is 0 Å². The van der Waals surface area contributed by atoms with Gasteiger partial charge in [-0.1, -0.05) is 0 Å². The van der Waals surface area contributed by atoms with Crippen LogP contribution in [0.5, 0.6) is 0 Å². The number of furan rings is 1. The molecule has 170 valence electrons. The molecule has 0 aliphatic rings. The van der Waals surface area contributed by atoms with Crippen molar-refractivity contribution in [2.45, 2.75) is 53.6 Å². The largest absolute Gasteiger partial charge is 0.464 e. The molecular weight excluding hydrogens is 400 g/mol. The first-order chi connectivity index (χ1) is 14.8.